The van der Waals surface area contributed by atoms with E-state index >= 15 is 0 Å². The van der Waals surface area contributed by atoms with Gasteiger partial charge in [0.1, 0.15) is 0 Å². The van der Waals surface area contributed by atoms with Crippen molar-refractivity contribution in [2.75, 3.05) is 16.4 Å². The van der Waals surface area contributed by atoms with Crippen LogP contribution in [0.3, 0.4) is 0 Å². The fourth-order valence-corrected chi connectivity index (χ4v) is 3.42. The lowest BCUT2D eigenvalue weighted by Crippen LogP contribution is -2.15. The summed E-state index contributed by atoms with van der Waals surface area (Å²) >= 11 is 1.16. The summed E-state index contributed by atoms with van der Waals surface area (Å²) in [6.45, 7) is 0. The third-order valence-corrected chi connectivity index (χ3v) is 5.29. The average Bonchev–Trinajstić information content (AvgIpc) is 2.78. The lowest BCUT2D eigenvalue weighted by Gasteiger charge is -2.10. The number of hydrogen-bond acceptors (Lipinski definition) is 5. The average molecular weight is 475 g/mol. The molecule has 0 heterocycles. The Bertz CT molecular complexity index is 1180. The number of nitro groups is 1. The first-order chi connectivity index (χ1) is 15.6. The van der Waals surface area contributed by atoms with E-state index in [0.717, 1.165) is 23.9 Å². The Morgan fingerprint density at radius 1 is 0.909 bits per heavy atom. The number of carbonyl (C=O) groups is 2. The van der Waals surface area contributed by atoms with Gasteiger partial charge in [0, 0.05) is 34.0 Å². The number of rotatable bonds is 7. The largest absolute Gasteiger partial charge is 0.416 e. The Labute approximate surface area is 190 Å². The number of nitrogens with one attached hydrogen (secondary N) is 2. The summed E-state index contributed by atoms with van der Waals surface area (Å²) in [7, 11) is 0. The van der Waals surface area contributed by atoms with Crippen LogP contribution < -0.4 is 10.6 Å². The molecule has 2 N–H and O–H groups in total. The van der Waals surface area contributed by atoms with E-state index in [1.54, 1.807) is 24.3 Å². The second-order valence-electron chi connectivity index (χ2n) is 6.70. The van der Waals surface area contributed by atoms with Crippen molar-refractivity contribution >= 4 is 40.6 Å². The maximum atomic E-state index is 12.8. The van der Waals surface area contributed by atoms with Crippen LogP contribution in [0.5, 0.6) is 0 Å². The van der Waals surface area contributed by atoms with Crippen LogP contribution in [-0.4, -0.2) is 22.5 Å². The highest BCUT2D eigenvalue weighted by atomic mass is 32.2. The highest BCUT2D eigenvalue weighted by Gasteiger charge is 2.30. The van der Waals surface area contributed by atoms with E-state index in [1.807, 2.05) is 0 Å². The molecule has 0 saturated heterocycles. The van der Waals surface area contributed by atoms with E-state index in [2.05, 4.69) is 10.6 Å². The maximum absolute atomic E-state index is 12.8. The molecule has 11 heteroatoms. The van der Waals surface area contributed by atoms with E-state index in [4.69, 9.17) is 0 Å². The van der Waals surface area contributed by atoms with Crippen LogP contribution in [-0.2, 0) is 11.0 Å². The Hall–Kier alpha value is -3.86. The molecule has 0 saturated carbocycles. The number of anilines is 2. The first kappa shape index (κ1) is 23.8. The topological polar surface area (TPSA) is 101 Å². The van der Waals surface area contributed by atoms with Gasteiger partial charge in [0.15, 0.2) is 0 Å². The molecule has 2 amide bonds. The van der Waals surface area contributed by atoms with Gasteiger partial charge in [-0.2, -0.15) is 13.2 Å². The van der Waals surface area contributed by atoms with Crippen molar-refractivity contribution in [3.8, 4) is 0 Å². The Kier molecular flexibility index (Phi) is 7.34. The van der Waals surface area contributed by atoms with E-state index in [1.165, 1.54) is 36.4 Å². The normalized spacial score (nSPS) is 11.0. The van der Waals surface area contributed by atoms with Gasteiger partial charge in [0.25, 0.3) is 11.6 Å². The zero-order valence-electron chi connectivity index (χ0n) is 16.8. The van der Waals surface area contributed by atoms with Gasteiger partial charge in [0.05, 0.1) is 16.2 Å². The second kappa shape index (κ2) is 10.2. The Balaban J connectivity index is 1.53. The molecule has 7 nitrogen and oxygen atoms in total. The lowest BCUT2D eigenvalue weighted by molar-refractivity contribution is -0.384. The van der Waals surface area contributed by atoms with Gasteiger partial charge in [0.2, 0.25) is 5.91 Å². The van der Waals surface area contributed by atoms with Crippen LogP contribution in [0.4, 0.5) is 30.2 Å². The Morgan fingerprint density at radius 3 is 2.27 bits per heavy atom. The summed E-state index contributed by atoms with van der Waals surface area (Å²) in [5.41, 5.74) is -0.415. The van der Waals surface area contributed by atoms with Gasteiger partial charge in [-0.15, -0.1) is 11.8 Å². The van der Waals surface area contributed by atoms with E-state index < -0.39 is 28.5 Å². The molecule has 170 valence electrons. The third kappa shape index (κ3) is 6.81. The molecule has 0 bridgehead atoms. The summed E-state index contributed by atoms with van der Waals surface area (Å²) < 4.78 is 38.3. The van der Waals surface area contributed by atoms with Crippen LogP contribution in [0.25, 0.3) is 0 Å². The molecule has 0 unspecified atom stereocenters. The summed E-state index contributed by atoms with van der Waals surface area (Å²) in [5.74, 6) is -1.02. The number of carbonyl (C=O) groups excluding carboxylic acids is 2. The van der Waals surface area contributed by atoms with Gasteiger partial charge in [-0.25, -0.2) is 0 Å². The van der Waals surface area contributed by atoms with Gasteiger partial charge in [-0.05, 0) is 48.5 Å². The first-order valence-corrected chi connectivity index (χ1v) is 10.4. The number of halogens is 3. The standard InChI is InChI=1S/C22H16F3N3O4S/c23-22(24,25)15-4-2-5-17(12-15)26-20(29)13-33-19-9-7-16(8-10-19)27-21(30)14-3-1-6-18(11-14)28(31)32/h1-12H,13H2,(H,26,29)(H,27,30). The number of benzene rings is 3. The zero-order valence-corrected chi connectivity index (χ0v) is 17.6. The molecule has 33 heavy (non-hydrogen) atoms. The molecular formula is C22H16F3N3O4S. The van der Waals surface area contributed by atoms with Crippen molar-refractivity contribution in [2.24, 2.45) is 0 Å². The van der Waals surface area contributed by atoms with E-state index in [-0.39, 0.29) is 22.7 Å². The summed E-state index contributed by atoms with van der Waals surface area (Å²) in [6, 6.07) is 16.2. The van der Waals surface area contributed by atoms with Crippen molar-refractivity contribution in [3.05, 3.63) is 94.0 Å². The molecule has 0 spiro atoms. The van der Waals surface area contributed by atoms with Crippen molar-refractivity contribution in [1.29, 1.82) is 0 Å². The summed E-state index contributed by atoms with van der Waals surface area (Å²) in [4.78, 5) is 35.3. The molecule has 0 aliphatic carbocycles. The fourth-order valence-electron chi connectivity index (χ4n) is 2.72. The molecule has 3 rings (SSSR count). The maximum Gasteiger partial charge on any atom is 0.416 e. The van der Waals surface area contributed by atoms with Crippen molar-refractivity contribution in [1.82, 2.24) is 0 Å². The van der Waals surface area contributed by atoms with Crippen molar-refractivity contribution in [2.45, 2.75) is 11.1 Å². The van der Waals surface area contributed by atoms with Crippen LogP contribution in [0, 0.1) is 10.1 Å². The number of non-ortho nitro benzene ring substituents is 1. The molecule has 0 radical (unpaired) electrons. The number of amides is 2. The number of hydrogen-bond donors (Lipinski definition) is 2. The quantitative estimate of drug-likeness (QED) is 0.263. The summed E-state index contributed by atoms with van der Waals surface area (Å²) in [6.07, 6.45) is -4.50. The van der Waals surface area contributed by atoms with Crippen molar-refractivity contribution in [3.63, 3.8) is 0 Å². The molecule has 0 fully saturated rings. The van der Waals surface area contributed by atoms with Crippen LogP contribution in [0.15, 0.2) is 77.7 Å². The first-order valence-electron chi connectivity index (χ1n) is 9.37. The smallest absolute Gasteiger partial charge is 0.325 e. The monoisotopic (exact) mass is 475 g/mol. The molecule has 3 aromatic carbocycles. The predicted molar refractivity (Wildman–Crippen MR) is 118 cm³/mol. The zero-order chi connectivity index (χ0) is 24.0. The van der Waals surface area contributed by atoms with Crippen molar-refractivity contribution < 1.29 is 27.7 Å². The van der Waals surface area contributed by atoms with Crippen LogP contribution in [0.2, 0.25) is 0 Å². The number of alkyl halides is 3. The van der Waals surface area contributed by atoms with Gasteiger partial charge in [-0.3, -0.25) is 19.7 Å². The second-order valence-corrected chi connectivity index (χ2v) is 7.75. The highest BCUT2D eigenvalue weighted by molar-refractivity contribution is 8.00. The predicted octanol–water partition coefficient (Wildman–Crippen LogP) is 5.60. The minimum atomic E-state index is -4.50. The highest BCUT2D eigenvalue weighted by Crippen LogP contribution is 2.30. The number of thioether (sulfide) groups is 1. The third-order valence-electron chi connectivity index (χ3n) is 4.27. The van der Waals surface area contributed by atoms with Gasteiger partial charge >= 0.3 is 6.18 Å². The molecule has 0 atom stereocenters. The Morgan fingerprint density at radius 2 is 1.61 bits per heavy atom. The van der Waals surface area contributed by atoms with Crippen LogP contribution >= 0.6 is 11.8 Å². The molecule has 0 aliphatic heterocycles. The molecule has 0 aromatic heterocycles. The SMILES string of the molecule is O=C(CSc1ccc(NC(=O)c2cccc([N+](=O)[O-])c2)cc1)Nc1cccc(C(F)(F)F)c1. The van der Waals surface area contributed by atoms with Gasteiger partial charge in [-0.1, -0.05) is 12.1 Å². The molecular weight excluding hydrogens is 459 g/mol. The lowest BCUT2D eigenvalue weighted by atomic mass is 10.2. The molecule has 3 aromatic rings. The minimum Gasteiger partial charge on any atom is -0.325 e. The van der Waals surface area contributed by atoms with E-state index in [0.29, 0.717) is 10.6 Å². The number of nitrogens with zero attached hydrogens (tertiary/aromatic N) is 1. The fraction of sp³-hybridized carbons (Fsp3) is 0.0909. The van der Waals surface area contributed by atoms with E-state index in [9.17, 15) is 32.9 Å². The van der Waals surface area contributed by atoms with Crippen LogP contribution in [0.1, 0.15) is 15.9 Å². The minimum absolute atomic E-state index is 0.0321. The van der Waals surface area contributed by atoms with Gasteiger partial charge < -0.3 is 10.6 Å². The molecule has 0 aliphatic rings. The summed E-state index contributed by atoms with van der Waals surface area (Å²) in [5, 5.41) is 15.9. The number of nitro benzene ring substituents is 1.